The van der Waals surface area contributed by atoms with Crippen molar-refractivity contribution in [2.75, 3.05) is 0 Å². The van der Waals surface area contributed by atoms with Crippen molar-refractivity contribution in [2.45, 2.75) is 105 Å². The molecular formula is C26H41N3O4. The Morgan fingerprint density at radius 3 is 1.94 bits per heavy atom. The zero-order chi connectivity index (χ0) is 25.1. The van der Waals surface area contributed by atoms with Crippen LogP contribution in [0.5, 0.6) is 0 Å². The van der Waals surface area contributed by atoms with Gasteiger partial charge in [0.2, 0.25) is 11.8 Å². The smallest absolute Gasteiger partial charge is 0.408 e. The lowest BCUT2D eigenvalue weighted by atomic mass is 9.96. The number of benzene rings is 1. The first kappa shape index (κ1) is 26.7. The Morgan fingerprint density at radius 1 is 0.970 bits per heavy atom. The van der Waals surface area contributed by atoms with Gasteiger partial charge in [0.05, 0.1) is 0 Å². The summed E-state index contributed by atoms with van der Waals surface area (Å²) >= 11 is 0. The quantitative estimate of drug-likeness (QED) is 0.603. The maximum Gasteiger partial charge on any atom is 0.408 e. The highest BCUT2D eigenvalue weighted by Crippen LogP contribution is 2.36. The molecule has 2 unspecified atom stereocenters. The summed E-state index contributed by atoms with van der Waals surface area (Å²) in [5.74, 6) is -0.657. The molecule has 1 aliphatic carbocycles. The van der Waals surface area contributed by atoms with Gasteiger partial charge in [-0.15, -0.1) is 0 Å². The largest absolute Gasteiger partial charge is 0.444 e. The van der Waals surface area contributed by atoms with E-state index >= 15 is 0 Å². The molecule has 1 aromatic carbocycles. The number of nitrogens with zero attached hydrogens (tertiary/aromatic N) is 1. The summed E-state index contributed by atoms with van der Waals surface area (Å²) in [5.41, 5.74) is 2.17. The molecule has 2 N–H and O–H groups in total. The average molecular weight is 460 g/mol. The molecule has 1 saturated carbocycles. The van der Waals surface area contributed by atoms with Crippen LogP contribution in [0, 0.1) is 19.8 Å². The van der Waals surface area contributed by atoms with Crippen molar-refractivity contribution in [3.05, 3.63) is 34.9 Å². The van der Waals surface area contributed by atoms with Crippen molar-refractivity contribution < 1.29 is 19.1 Å². The third-order valence-corrected chi connectivity index (χ3v) is 5.32. The molecule has 3 amide bonds. The van der Waals surface area contributed by atoms with Crippen LogP contribution in [0.3, 0.4) is 0 Å². The predicted octanol–water partition coefficient (Wildman–Crippen LogP) is 4.41. The Labute approximate surface area is 198 Å². The van der Waals surface area contributed by atoms with Crippen LogP contribution < -0.4 is 10.6 Å². The summed E-state index contributed by atoms with van der Waals surface area (Å²) < 4.78 is 5.40. The fraction of sp³-hybridized carbons (Fsp3) is 0.654. The van der Waals surface area contributed by atoms with Gasteiger partial charge in [-0.05, 0) is 72.8 Å². The van der Waals surface area contributed by atoms with Gasteiger partial charge in [0.1, 0.15) is 17.7 Å². The van der Waals surface area contributed by atoms with E-state index < -0.39 is 23.8 Å². The Hall–Kier alpha value is -2.57. The molecule has 1 aromatic rings. The minimum atomic E-state index is -0.805. The normalized spacial score (nSPS) is 15.7. The standard InChI is InChI=1S/C26H41N3O4/c1-15(2)21(28-25(32)33-26(7,8)9)24(31)29(20-10-11-20)22(23(30)27-16(3)4)19-13-17(5)12-18(6)14-19/h12-16,20-22H,10-11H2,1-9H3,(H,27,30)(H,28,32). The number of nitrogens with one attached hydrogen (secondary N) is 2. The second-order valence-electron chi connectivity index (χ2n) is 10.8. The van der Waals surface area contributed by atoms with Crippen LogP contribution in [0.15, 0.2) is 18.2 Å². The van der Waals surface area contributed by atoms with Crippen LogP contribution in [-0.4, -0.2) is 46.5 Å². The second kappa shape index (κ2) is 10.6. The van der Waals surface area contributed by atoms with E-state index in [-0.39, 0.29) is 29.8 Å². The Morgan fingerprint density at radius 2 is 1.52 bits per heavy atom. The van der Waals surface area contributed by atoms with Gasteiger partial charge in [0, 0.05) is 12.1 Å². The monoisotopic (exact) mass is 459 g/mol. The van der Waals surface area contributed by atoms with E-state index in [0.29, 0.717) is 0 Å². The fourth-order valence-electron chi connectivity index (χ4n) is 3.95. The molecule has 0 heterocycles. The highest BCUT2D eigenvalue weighted by atomic mass is 16.6. The number of ether oxygens (including phenoxy) is 1. The van der Waals surface area contributed by atoms with Crippen molar-refractivity contribution in [3.63, 3.8) is 0 Å². The van der Waals surface area contributed by atoms with Gasteiger partial charge >= 0.3 is 6.09 Å². The molecule has 33 heavy (non-hydrogen) atoms. The molecule has 1 aliphatic rings. The van der Waals surface area contributed by atoms with E-state index in [9.17, 15) is 14.4 Å². The van der Waals surface area contributed by atoms with Crippen molar-refractivity contribution >= 4 is 17.9 Å². The summed E-state index contributed by atoms with van der Waals surface area (Å²) in [6, 6.07) is 4.29. The first-order chi connectivity index (χ1) is 15.2. The van der Waals surface area contributed by atoms with Crippen LogP contribution in [0.2, 0.25) is 0 Å². The molecule has 184 valence electrons. The SMILES string of the molecule is Cc1cc(C)cc(C(C(=O)NC(C)C)N(C(=O)C(NC(=O)OC(C)(C)C)C(C)C)C2CC2)c1. The zero-order valence-corrected chi connectivity index (χ0v) is 21.6. The molecular weight excluding hydrogens is 418 g/mol. The summed E-state index contributed by atoms with van der Waals surface area (Å²) in [4.78, 5) is 41.6. The Kier molecular flexibility index (Phi) is 8.55. The predicted molar refractivity (Wildman–Crippen MR) is 130 cm³/mol. The Bertz CT molecular complexity index is 849. The maximum atomic E-state index is 13.9. The number of aryl methyl sites for hydroxylation is 2. The zero-order valence-electron chi connectivity index (χ0n) is 21.6. The molecule has 2 rings (SSSR count). The van der Waals surface area contributed by atoms with E-state index in [4.69, 9.17) is 4.74 Å². The molecule has 0 aliphatic heterocycles. The molecule has 7 nitrogen and oxygen atoms in total. The van der Waals surface area contributed by atoms with E-state index in [0.717, 1.165) is 29.5 Å². The summed E-state index contributed by atoms with van der Waals surface area (Å²) in [6.07, 6.45) is 1.03. The number of carbonyl (C=O) groups is 3. The van der Waals surface area contributed by atoms with Crippen LogP contribution in [0.4, 0.5) is 4.79 Å². The summed E-state index contributed by atoms with van der Waals surface area (Å²) in [5, 5.41) is 5.75. The molecule has 0 radical (unpaired) electrons. The first-order valence-electron chi connectivity index (χ1n) is 11.9. The molecule has 0 saturated heterocycles. The number of rotatable bonds is 8. The van der Waals surface area contributed by atoms with Crippen molar-refractivity contribution in [1.29, 1.82) is 0 Å². The Balaban J connectivity index is 2.47. The van der Waals surface area contributed by atoms with E-state index in [1.165, 1.54) is 0 Å². The molecule has 0 bridgehead atoms. The summed E-state index contributed by atoms with van der Waals surface area (Å²) in [6.45, 7) is 16.9. The highest BCUT2D eigenvalue weighted by Gasteiger charge is 2.44. The van der Waals surface area contributed by atoms with Gasteiger partial charge in [-0.1, -0.05) is 43.2 Å². The molecule has 1 fully saturated rings. The van der Waals surface area contributed by atoms with Crippen molar-refractivity contribution in [1.82, 2.24) is 15.5 Å². The number of amides is 3. The van der Waals surface area contributed by atoms with Gasteiger partial charge < -0.3 is 20.3 Å². The van der Waals surface area contributed by atoms with E-state index in [2.05, 4.69) is 10.6 Å². The molecule has 0 spiro atoms. The third-order valence-electron chi connectivity index (χ3n) is 5.32. The lowest BCUT2D eigenvalue weighted by Gasteiger charge is -2.36. The van der Waals surface area contributed by atoms with E-state index in [1.54, 1.807) is 25.7 Å². The average Bonchev–Trinajstić information content (AvgIpc) is 3.45. The van der Waals surface area contributed by atoms with Gasteiger partial charge in [-0.2, -0.15) is 0 Å². The van der Waals surface area contributed by atoms with Gasteiger partial charge in [0.15, 0.2) is 0 Å². The van der Waals surface area contributed by atoms with Crippen LogP contribution >= 0.6 is 0 Å². The van der Waals surface area contributed by atoms with Crippen molar-refractivity contribution in [3.8, 4) is 0 Å². The minimum absolute atomic E-state index is 0.0390. The molecule has 0 aromatic heterocycles. The molecule has 7 heteroatoms. The van der Waals surface area contributed by atoms with Crippen LogP contribution in [-0.2, 0) is 14.3 Å². The minimum Gasteiger partial charge on any atom is -0.444 e. The first-order valence-corrected chi connectivity index (χ1v) is 11.9. The lowest BCUT2D eigenvalue weighted by molar-refractivity contribution is -0.144. The summed E-state index contributed by atoms with van der Waals surface area (Å²) in [7, 11) is 0. The third kappa shape index (κ3) is 7.76. The number of alkyl carbamates (subject to hydrolysis) is 1. The molecule has 2 atom stereocenters. The maximum absolute atomic E-state index is 13.9. The second-order valence-corrected chi connectivity index (χ2v) is 10.8. The number of hydrogen-bond donors (Lipinski definition) is 2. The highest BCUT2D eigenvalue weighted by molar-refractivity contribution is 5.92. The van der Waals surface area contributed by atoms with Gasteiger partial charge in [-0.25, -0.2) is 4.79 Å². The van der Waals surface area contributed by atoms with Crippen LogP contribution in [0.1, 0.15) is 84.0 Å². The van der Waals surface area contributed by atoms with Crippen molar-refractivity contribution in [2.24, 2.45) is 5.92 Å². The lowest BCUT2D eigenvalue weighted by Crippen LogP contribution is -2.55. The van der Waals surface area contributed by atoms with Crippen LogP contribution in [0.25, 0.3) is 0 Å². The van der Waals surface area contributed by atoms with Gasteiger partial charge in [-0.3, -0.25) is 9.59 Å². The topological polar surface area (TPSA) is 87.7 Å². The number of carbonyl (C=O) groups excluding carboxylic acids is 3. The number of hydrogen-bond acceptors (Lipinski definition) is 4. The van der Waals surface area contributed by atoms with E-state index in [1.807, 2.05) is 59.7 Å². The fourth-order valence-corrected chi connectivity index (χ4v) is 3.95. The van der Waals surface area contributed by atoms with Gasteiger partial charge in [0.25, 0.3) is 0 Å².